The number of nitrogens with zero attached hydrogens (tertiary/aromatic N) is 1. The fraction of sp³-hybridized carbons (Fsp3) is 0.143. The molecule has 0 bridgehead atoms. The van der Waals surface area contributed by atoms with Crippen LogP contribution in [0, 0.1) is 0 Å². The molecule has 9 heteroatoms. The SMILES string of the molecule is O=S(=O)(O)N(Cc1ccccc1)S(=O)(=O)O. The molecule has 0 aliphatic rings. The minimum atomic E-state index is -5.03. The summed E-state index contributed by atoms with van der Waals surface area (Å²) in [7, 11) is -10.1. The van der Waals surface area contributed by atoms with Gasteiger partial charge in [0.1, 0.15) is 0 Å². The zero-order valence-corrected chi connectivity index (χ0v) is 9.52. The number of rotatable bonds is 4. The fourth-order valence-electron chi connectivity index (χ4n) is 1.01. The minimum Gasteiger partial charge on any atom is -0.273 e. The smallest absolute Gasteiger partial charge is 0.273 e. The van der Waals surface area contributed by atoms with Gasteiger partial charge in [0, 0.05) is 0 Å². The summed E-state index contributed by atoms with van der Waals surface area (Å²) in [5.74, 6) is 0. The molecule has 7 nitrogen and oxygen atoms in total. The third-order valence-electron chi connectivity index (χ3n) is 1.67. The van der Waals surface area contributed by atoms with Gasteiger partial charge in [-0.05, 0) is 9.27 Å². The molecule has 0 spiro atoms. The molecule has 0 aliphatic carbocycles. The molecular weight excluding hydrogens is 258 g/mol. The van der Waals surface area contributed by atoms with Crippen molar-refractivity contribution in [2.24, 2.45) is 0 Å². The monoisotopic (exact) mass is 267 g/mol. The second-order valence-electron chi connectivity index (χ2n) is 2.87. The van der Waals surface area contributed by atoms with Crippen molar-refractivity contribution in [2.45, 2.75) is 6.54 Å². The van der Waals surface area contributed by atoms with Crippen molar-refractivity contribution in [1.82, 2.24) is 3.71 Å². The summed E-state index contributed by atoms with van der Waals surface area (Å²) in [5.41, 5.74) is 0.303. The van der Waals surface area contributed by atoms with E-state index >= 15 is 0 Å². The molecule has 0 aromatic heterocycles. The van der Waals surface area contributed by atoms with Gasteiger partial charge < -0.3 is 0 Å². The van der Waals surface area contributed by atoms with Gasteiger partial charge in [0.15, 0.2) is 0 Å². The van der Waals surface area contributed by atoms with Crippen LogP contribution in [-0.2, 0) is 27.2 Å². The molecule has 0 aliphatic heterocycles. The van der Waals surface area contributed by atoms with Crippen LogP contribution in [0.15, 0.2) is 30.3 Å². The minimum absolute atomic E-state index is 0.303. The van der Waals surface area contributed by atoms with E-state index in [9.17, 15) is 16.8 Å². The molecule has 0 atom stereocenters. The van der Waals surface area contributed by atoms with Crippen molar-refractivity contribution in [2.75, 3.05) is 0 Å². The summed E-state index contributed by atoms with van der Waals surface area (Å²) < 4.78 is 59.8. The van der Waals surface area contributed by atoms with Gasteiger partial charge in [0.25, 0.3) is 0 Å². The Labute approximate surface area is 93.1 Å². The highest BCUT2D eigenvalue weighted by atomic mass is 32.3. The van der Waals surface area contributed by atoms with E-state index < -0.39 is 30.9 Å². The maximum absolute atomic E-state index is 10.7. The lowest BCUT2D eigenvalue weighted by molar-refractivity contribution is 0.380. The first-order valence-corrected chi connectivity index (χ1v) is 6.77. The van der Waals surface area contributed by atoms with Crippen molar-refractivity contribution in [3.63, 3.8) is 0 Å². The first-order valence-electron chi connectivity index (χ1n) is 3.98. The van der Waals surface area contributed by atoms with Crippen molar-refractivity contribution in [1.29, 1.82) is 0 Å². The van der Waals surface area contributed by atoms with E-state index in [1.54, 1.807) is 18.2 Å². The van der Waals surface area contributed by atoms with E-state index in [4.69, 9.17) is 9.11 Å². The fourth-order valence-corrected chi connectivity index (χ4v) is 2.59. The van der Waals surface area contributed by atoms with E-state index in [0.29, 0.717) is 5.56 Å². The van der Waals surface area contributed by atoms with E-state index in [1.807, 2.05) is 0 Å². The lowest BCUT2D eigenvalue weighted by Crippen LogP contribution is -2.35. The Morgan fingerprint density at radius 1 is 0.938 bits per heavy atom. The van der Waals surface area contributed by atoms with Crippen molar-refractivity contribution < 1.29 is 25.9 Å². The van der Waals surface area contributed by atoms with Gasteiger partial charge in [0.2, 0.25) is 0 Å². The maximum atomic E-state index is 10.7. The molecule has 1 aromatic rings. The van der Waals surface area contributed by atoms with Crippen LogP contribution in [0.1, 0.15) is 5.56 Å². The van der Waals surface area contributed by atoms with Crippen LogP contribution >= 0.6 is 0 Å². The van der Waals surface area contributed by atoms with Crippen LogP contribution in [0.25, 0.3) is 0 Å². The van der Waals surface area contributed by atoms with E-state index in [2.05, 4.69) is 0 Å². The second kappa shape index (κ2) is 4.47. The Hall–Kier alpha value is -1.00. The summed E-state index contributed by atoms with van der Waals surface area (Å²) in [5, 5.41) is 0. The van der Waals surface area contributed by atoms with Gasteiger partial charge in [-0.25, -0.2) is 0 Å². The quantitative estimate of drug-likeness (QED) is 0.748. The van der Waals surface area contributed by atoms with Gasteiger partial charge >= 0.3 is 20.6 Å². The summed E-state index contributed by atoms with van der Waals surface area (Å²) in [4.78, 5) is 0. The molecule has 0 fully saturated rings. The Bertz CT molecular complexity index is 518. The first kappa shape index (κ1) is 13.1. The number of benzene rings is 1. The summed E-state index contributed by atoms with van der Waals surface area (Å²) in [6.07, 6.45) is 0. The standard InChI is InChI=1S/C7H9NO6S2/c9-15(10,11)8(16(12,13)14)6-7-4-2-1-3-5-7/h1-5H,6H2,(H,9,10,11)(H,12,13,14). The zero-order valence-electron chi connectivity index (χ0n) is 7.88. The molecule has 0 heterocycles. The molecule has 0 radical (unpaired) electrons. The average Bonchev–Trinajstić information content (AvgIpc) is 2.12. The maximum Gasteiger partial charge on any atom is 0.351 e. The molecule has 0 unspecified atom stereocenters. The lowest BCUT2D eigenvalue weighted by Gasteiger charge is -2.14. The van der Waals surface area contributed by atoms with Crippen LogP contribution in [0.5, 0.6) is 0 Å². The highest BCUT2D eigenvalue weighted by Crippen LogP contribution is 2.11. The Balaban J connectivity index is 3.08. The number of hydrogen-bond donors (Lipinski definition) is 2. The van der Waals surface area contributed by atoms with Gasteiger partial charge in [-0.2, -0.15) is 16.8 Å². The van der Waals surface area contributed by atoms with Crippen LogP contribution in [0.4, 0.5) is 0 Å². The summed E-state index contributed by atoms with van der Waals surface area (Å²) in [6.45, 7) is -0.668. The molecule has 0 saturated carbocycles. The van der Waals surface area contributed by atoms with Crippen molar-refractivity contribution in [3.05, 3.63) is 35.9 Å². The molecule has 0 saturated heterocycles. The average molecular weight is 267 g/mol. The van der Waals surface area contributed by atoms with Gasteiger partial charge in [-0.15, -0.1) is 0 Å². The van der Waals surface area contributed by atoms with Crippen LogP contribution < -0.4 is 0 Å². The predicted molar refractivity (Wildman–Crippen MR) is 55.1 cm³/mol. The van der Waals surface area contributed by atoms with Crippen LogP contribution in [-0.4, -0.2) is 29.7 Å². The highest BCUT2D eigenvalue weighted by Gasteiger charge is 2.30. The molecule has 1 aromatic carbocycles. The summed E-state index contributed by atoms with van der Waals surface area (Å²) in [6, 6.07) is 7.66. The van der Waals surface area contributed by atoms with E-state index in [-0.39, 0.29) is 0 Å². The third kappa shape index (κ3) is 3.54. The molecular formula is C7H9NO6S2. The molecule has 2 N–H and O–H groups in total. The van der Waals surface area contributed by atoms with Crippen molar-refractivity contribution >= 4 is 20.6 Å². The first-order chi connectivity index (χ1) is 7.21. The van der Waals surface area contributed by atoms with Crippen LogP contribution in [0.3, 0.4) is 0 Å². The Morgan fingerprint density at radius 2 is 1.38 bits per heavy atom. The normalized spacial score (nSPS) is 12.9. The van der Waals surface area contributed by atoms with E-state index in [0.717, 1.165) is 0 Å². The Morgan fingerprint density at radius 3 is 1.75 bits per heavy atom. The van der Waals surface area contributed by atoms with Crippen molar-refractivity contribution in [3.8, 4) is 0 Å². The zero-order chi connectivity index (χ0) is 12.4. The molecule has 16 heavy (non-hydrogen) atoms. The molecule has 1 rings (SSSR count). The third-order valence-corrected chi connectivity index (χ3v) is 4.09. The topological polar surface area (TPSA) is 112 Å². The van der Waals surface area contributed by atoms with E-state index in [1.165, 1.54) is 12.1 Å². The lowest BCUT2D eigenvalue weighted by atomic mass is 10.2. The highest BCUT2D eigenvalue weighted by molar-refractivity contribution is 7.98. The largest absolute Gasteiger partial charge is 0.351 e. The summed E-state index contributed by atoms with van der Waals surface area (Å²) >= 11 is 0. The number of hydrogen-bond acceptors (Lipinski definition) is 4. The van der Waals surface area contributed by atoms with Crippen LogP contribution in [0.2, 0.25) is 0 Å². The van der Waals surface area contributed by atoms with Gasteiger partial charge in [0.05, 0.1) is 6.54 Å². The van der Waals surface area contributed by atoms with Gasteiger partial charge in [-0.3, -0.25) is 9.11 Å². The molecule has 0 amide bonds. The van der Waals surface area contributed by atoms with Gasteiger partial charge in [-0.1, -0.05) is 30.3 Å². The Kier molecular flexibility index (Phi) is 3.65. The predicted octanol–water partition coefficient (Wildman–Crippen LogP) is 0.0942. The molecule has 90 valence electrons. The second-order valence-corrected chi connectivity index (χ2v) is 5.78.